The molecule has 0 radical (unpaired) electrons. The molecule has 0 unspecified atom stereocenters. The maximum Gasteiger partial charge on any atom is 0.321 e. The van der Waals surface area contributed by atoms with Gasteiger partial charge < -0.3 is 15.2 Å². The Kier molecular flexibility index (Phi) is 12.7. The number of nitrogens with zero attached hydrogens (tertiary/aromatic N) is 3. The molecule has 0 aromatic heterocycles. The number of hydrogen-bond acceptors (Lipinski definition) is 3. The van der Waals surface area contributed by atoms with Gasteiger partial charge in [0.15, 0.2) is 0 Å². The predicted octanol–water partition coefficient (Wildman–Crippen LogP) is 4.77. The minimum absolute atomic E-state index is 0. The second-order valence-electron chi connectivity index (χ2n) is 5.39. The summed E-state index contributed by atoms with van der Waals surface area (Å²) in [6.07, 6.45) is 7.07. The molecule has 5 nitrogen and oxygen atoms in total. The zero-order valence-electron chi connectivity index (χ0n) is 17.5. The fourth-order valence-electron chi connectivity index (χ4n) is 2.60. The van der Waals surface area contributed by atoms with Crippen LogP contribution in [-0.2, 0) is 6.42 Å². The second kappa shape index (κ2) is 13.9. The number of rotatable bonds is 4. The van der Waals surface area contributed by atoms with Crippen molar-refractivity contribution in [1.82, 2.24) is 5.32 Å². The van der Waals surface area contributed by atoms with Crippen LogP contribution in [0, 0.1) is 0 Å². The van der Waals surface area contributed by atoms with Gasteiger partial charge in [0.25, 0.3) is 0 Å². The molecule has 0 spiro atoms. The standard InChI is InChI=1S/C16H23N3O.C3H7N.C2H6.H2/c1-4-6-10-18-11-9-13-7-8-14(12-15(13)18)19(5-2)16(20)17-3;1-3-4-2;1-2;/h4,6-8,12H,5,9-11H2,1-3H3,(H,17,20);3H,1-2H3;1-2H3;1H/b6-4+;;;. The third kappa shape index (κ3) is 6.90. The Morgan fingerprint density at radius 2 is 2.04 bits per heavy atom. The molecule has 0 atom stereocenters. The third-order valence-electron chi connectivity index (χ3n) is 3.97. The average Bonchev–Trinajstić information content (AvgIpc) is 3.10. The summed E-state index contributed by atoms with van der Waals surface area (Å²) in [7, 11) is 3.41. The van der Waals surface area contributed by atoms with Crippen molar-refractivity contribution in [2.75, 3.05) is 43.5 Å². The van der Waals surface area contributed by atoms with Crippen molar-refractivity contribution in [1.29, 1.82) is 0 Å². The van der Waals surface area contributed by atoms with Gasteiger partial charge in [0, 0.05) is 46.5 Å². The number of nitrogens with one attached hydrogen (secondary N) is 1. The number of hydrogen-bond donors (Lipinski definition) is 1. The molecule has 1 aliphatic heterocycles. The molecule has 0 saturated heterocycles. The summed E-state index contributed by atoms with van der Waals surface area (Å²) in [6, 6.07) is 6.25. The molecule has 5 heteroatoms. The molecular weight excluding hydrogens is 324 g/mol. The minimum atomic E-state index is -0.0644. The Balaban J connectivity index is 0. The van der Waals surface area contributed by atoms with E-state index in [-0.39, 0.29) is 7.46 Å². The molecule has 2 rings (SSSR count). The van der Waals surface area contributed by atoms with Gasteiger partial charge in [-0.2, -0.15) is 0 Å². The highest BCUT2D eigenvalue weighted by molar-refractivity contribution is 5.92. The maximum atomic E-state index is 11.9. The Hall–Kier alpha value is -2.30. The number of allylic oxidation sites excluding steroid dienone is 1. The lowest BCUT2D eigenvalue weighted by atomic mass is 10.1. The van der Waals surface area contributed by atoms with E-state index in [9.17, 15) is 4.79 Å². The van der Waals surface area contributed by atoms with Gasteiger partial charge in [-0.1, -0.05) is 32.1 Å². The highest BCUT2D eigenvalue weighted by atomic mass is 16.2. The molecule has 0 fully saturated rings. The Morgan fingerprint density at radius 1 is 1.38 bits per heavy atom. The first-order valence-electron chi connectivity index (χ1n) is 9.47. The van der Waals surface area contributed by atoms with Crippen molar-refractivity contribution in [3.8, 4) is 0 Å². The van der Waals surface area contributed by atoms with E-state index < -0.39 is 0 Å². The predicted molar refractivity (Wildman–Crippen MR) is 118 cm³/mol. The van der Waals surface area contributed by atoms with E-state index in [4.69, 9.17) is 0 Å². The van der Waals surface area contributed by atoms with Gasteiger partial charge in [0.1, 0.15) is 0 Å². The molecule has 1 aromatic carbocycles. The van der Waals surface area contributed by atoms with Crippen molar-refractivity contribution in [2.45, 2.75) is 41.0 Å². The minimum Gasteiger partial charge on any atom is -0.367 e. The van der Waals surface area contributed by atoms with E-state index >= 15 is 0 Å². The topological polar surface area (TPSA) is 47.9 Å². The molecule has 148 valence electrons. The summed E-state index contributed by atoms with van der Waals surface area (Å²) >= 11 is 0. The van der Waals surface area contributed by atoms with Gasteiger partial charge in [0.2, 0.25) is 0 Å². The normalized spacial score (nSPS) is 12.2. The third-order valence-corrected chi connectivity index (χ3v) is 3.97. The van der Waals surface area contributed by atoms with Gasteiger partial charge in [0.05, 0.1) is 0 Å². The van der Waals surface area contributed by atoms with Crippen LogP contribution in [0.15, 0.2) is 35.3 Å². The summed E-state index contributed by atoms with van der Waals surface area (Å²) < 4.78 is 0. The number of carbonyl (C=O) groups excluding carboxylic acids is 1. The molecule has 0 aliphatic carbocycles. The SMILES string of the molecule is C/C=C/CN1CCc2ccc(N(CC)C(=O)NC)cc21.CC.CC=NC.[HH]. The lowest BCUT2D eigenvalue weighted by Gasteiger charge is -2.23. The van der Waals surface area contributed by atoms with Crippen LogP contribution in [0.2, 0.25) is 0 Å². The summed E-state index contributed by atoms with van der Waals surface area (Å²) in [4.78, 5) is 19.6. The zero-order chi connectivity index (χ0) is 19.9. The smallest absolute Gasteiger partial charge is 0.321 e. The number of urea groups is 1. The zero-order valence-corrected chi connectivity index (χ0v) is 17.5. The van der Waals surface area contributed by atoms with Crippen LogP contribution < -0.4 is 15.1 Å². The fourth-order valence-corrected chi connectivity index (χ4v) is 2.60. The average molecular weight is 363 g/mol. The fraction of sp³-hybridized carbons (Fsp3) is 0.524. The van der Waals surface area contributed by atoms with Gasteiger partial charge in [-0.3, -0.25) is 4.90 Å². The lowest BCUT2D eigenvalue weighted by molar-refractivity contribution is 0.248. The molecular formula is C21H38N4O. The van der Waals surface area contributed by atoms with Gasteiger partial charge in [-0.25, -0.2) is 4.79 Å². The lowest BCUT2D eigenvalue weighted by Crippen LogP contribution is -2.38. The van der Waals surface area contributed by atoms with E-state index in [2.05, 4.69) is 39.5 Å². The first-order valence-corrected chi connectivity index (χ1v) is 9.47. The highest BCUT2D eigenvalue weighted by Crippen LogP contribution is 2.32. The molecule has 1 N–H and O–H groups in total. The summed E-state index contributed by atoms with van der Waals surface area (Å²) in [5, 5.41) is 2.69. The van der Waals surface area contributed by atoms with E-state index in [0.717, 1.165) is 25.2 Å². The number of benzene rings is 1. The second-order valence-corrected chi connectivity index (χ2v) is 5.39. The van der Waals surface area contributed by atoms with Crippen molar-refractivity contribution in [3.63, 3.8) is 0 Å². The van der Waals surface area contributed by atoms with Gasteiger partial charge >= 0.3 is 6.03 Å². The van der Waals surface area contributed by atoms with Crippen LogP contribution in [0.1, 0.15) is 41.6 Å². The molecule has 1 aliphatic rings. The van der Waals surface area contributed by atoms with Crippen LogP contribution in [0.5, 0.6) is 0 Å². The van der Waals surface area contributed by atoms with Crippen LogP contribution in [0.4, 0.5) is 16.2 Å². The van der Waals surface area contributed by atoms with Crippen molar-refractivity contribution < 1.29 is 6.22 Å². The number of anilines is 2. The first kappa shape index (κ1) is 23.7. The molecule has 1 aromatic rings. The Bertz CT molecular complexity index is 584. The van der Waals surface area contributed by atoms with E-state index in [1.54, 1.807) is 25.2 Å². The largest absolute Gasteiger partial charge is 0.367 e. The van der Waals surface area contributed by atoms with Gasteiger partial charge in [-0.05, 0) is 51.1 Å². The van der Waals surface area contributed by atoms with E-state index in [1.165, 1.54) is 11.3 Å². The van der Waals surface area contributed by atoms with E-state index in [1.807, 2.05) is 40.7 Å². The molecule has 0 saturated carbocycles. The van der Waals surface area contributed by atoms with Crippen LogP contribution >= 0.6 is 0 Å². The van der Waals surface area contributed by atoms with Crippen LogP contribution in [0.25, 0.3) is 0 Å². The van der Waals surface area contributed by atoms with E-state index in [0.29, 0.717) is 6.54 Å². The Labute approximate surface area is 161 Å². The Morgan fingerprint density at radius 3 is 2.54 bits per heavy atom. The quantitative estimate of drug-likeness (QED) is 0.619. The number of carbonyl (C=O) groups is 1. The summed E-state index contributed by atoms with van der Waals surface area (Å²) in [6.45, 7) is 12.6. The highest BCUT2D eigenvalue weighted by Gasteiger charge is 2.20. The number of fused-ring (bicyclic) bond motifs is 1. The monoisotopic (exact) mass is 362 g/mol. The van der Waals surface area contributed by atoms with Gasteiger partial charge in [-0.15, -0.1) is 0 Å². The molecule has 2 amide bonds. The summed E-state index contributed by atoms with van der Waals surface area (Å²) in [5.41, 5.74) is 3.58. The molecule has 1 heterocycles. The first-order chi connectivity index (χ1) is 12.6. The number of amides is 2. The summed E-state index contributed by atoms with van der Waals surface area (Å²) in [5.74, 6) is 0. The number of aliphatic imine (C=N–C) groups is 1. The van der Waals surface area contributed by atoms with Crippen LogP contribution in [-0.4, -0.2) is 46.0 Å². The molecule has 0 bridgehead atoms. The molecule has 26 heavy (non-hydrogen) atoms. The van der Waals surface area contributed by atoms with Crippen molar-refractivity contribution in [2.24, 2.45) is 4.99 Å². The van der Waals surface area contributed by atoms with Crippen LogP contribution in [0.3, 0.4) is 0 Å². The van der Waals surface area contributed by atoms with Crippen molar-refractivity contribution in [3.05, 3.63) is 35.9 Å². The van der Waals surface area contributed by atoms with Crippen molar-refractivity contribution >= 4 is 23.6 Å². The maximum absolute atomic E-state index is 11.9.